The van der Waals surface area contributed by atoms with Crippen LogP contribution >= 0.6 is 11.6 Å². The molecule has 0 bridgehead atoms. The van der Waals surface area contributed by atoms with Gasteiger partial charge < -0.3 is 14.9 Å². The highest BCUT2D eigenvalue weighted by Gasteiger charge is 2.47. The van der Waals surface area contributed by atoms with Crippen molar-refractivity contribution >= 4 is 23.5 Å². The standard InChI is InChI=1S/C8H13ClO5/c1-3-5(9)14-8(4-2,6(10)11)7(12)13/h5H,3-4H2,1-2H3,(H,10,11)(H,12,13). The lowest BCUT2D eigenvalue weighted by Crippen LogP contribution is -2.50. The lowest BCUT2D eigenvalue weighted by atomic mass is 10.0. The number of hydrogen-bond acceptors (Lipinski definition) is 3. The Morgan fingerprint density at radius 1 is 1.36 bits per heavy atom. The van der Waals surface area contributed by atoms with Gasteiger partial charge in [-0.15, -0.1) is 0 Å². The van der Waals surface area contributed by atoms with Crippen molar-refractivity contribution < 1.29 is 24.5 Å². The molecule has 0 aliphatic carbocycles. The molecular formula is C8H13ClO5. The molecule has 0 rings (SSSR count). The van der Waals surface area contributed by atoms with Crippen LogP contribution in [0.2, 0.25) is 0 Å². The molecule has 0 aromatic heterocycles. The van der Waals surface area contributed by atoms with Gasteiger partial charge in [-0.1, -0.05) is 25.4 Å². The van der Waals surface area contributed by atoms with E-state index in [1.807, 2.05) is 0 Å². The third-order valence-corrected chi connectivity index (χ3v) is 2.24. The summed E-state index contributed by atoms with van der Waals surface area (Å²) in [5.41, 5.74) is -3.15. The van der Waals surface area contributed by atoms with Crippen LogP contribution in [0.4, 0.5) is 0 Å². The van der Waals surface area contributed by atoms with Crippen molar-refractivity contribution in [1.82, 2.24) is 0 Å². The van der Waals surface area contributed by atoms with E-state index in [1.165, 1.54) is 6.92 Å². The van der Waals surface area contributed by atoms with Crippen LogP contribution in [0.25, 0.3) is 0 Å². The molecule has 0 aliphatic heterocycles. The number of hydrogen-bond donors (Lipinski definition) is 2. The van der Waals surface area contributed by atoms with Gasteiger partial charge in [-0.05, 0) is 12.8 Å². The molecule has 0 saturated carbocycles. The summed E-state index contributed by atoms with van der Waals surface area (Å²) in [6.45, 7) is 3.09. The summed E-state index contributed by atoms with van der Waals surface area (Å²) in [5, 5.41) is 17.5. The Balaban J connectivity index is 4.86. The first-order chi connectivity index (χ1) is 6.40. The van der Waals surface area contributed by atoms with Gasteiger partial charge in [0.05, 0.1) is 0 Å². The van der Waals surface area contributed by atoms with Gasteiger partial charge in [-0.3, -0.25) is 0 Å². The van der Waals surface area contributed by atoms with Crippen LogP contribution in [0.3, 0.4) is 0 Å². The average molecular weight is 225 g/mol. The number of carboxylic acid groups (broad SMARTS) is 2. The van der Waals surface area contributed by atoms with Crippen molar-refractivity contribution in [1.29, 1.82) is 0 Å². The SMILES string of the molecule is CCC(Cl)OC(CC)(C(=O)O)C(=O)O. The predicted molar refractivity (Wildman–Crippen MR) is 49.3 cm³/mol. The second-order valence-corrected chi connectivity index (χ2v) is 3.21. The second kappa shape index (κ2) is 5.17. The second-order valence-electron chi connectivity index (χ2n) is 2.73. The van der Waals surface area contributed by atoms with Gasteiger partial charge in [0, 0.05) is 0 Å². The maximum atomic E-state index is 10.8. The zero-order valence-corrected chi connectivity index (χ0v) is 8.74. The summed E-state index contributed by atoms with van der Waals surface area (Å²) in [6, 6.07) is 0. The molecule has 1 atom stereocenters. The van der Waals surface area contributed by atoms with Gasteiger partial charge in [0.25, 0.3) is 5.60 Å². The van der Waals surface area contributed by atoms with Crippen LogP contribution < -0.4 is 0 Å². The number of rotatable bonds is 6. The van der Waals surface area contributed by atoms with Gasteiger partial charge in [-0.2, -0.15) is 0 Å². The fourth-order valence-corrected chi connectivity index (χ4v) is 1.03. The van der Waals surface area contributed by atoms with Gasteiger partial charge in [0.15, 0.2) is 0 Å². The van der Waals surface area contributed by atoms with Crippen molar-refractivity contribution in [2.75, 3.05) is 0 Å². The first kappa shape index (κ1) is 13.2. The molecule has 0 radical (unpaired) electrons. The first-order valence-electron chi connectivity index (χ1n) is 4.19. The zero-order valence-electron chi connectivity index (χ0n) is 7.99. The number of ether oxygens (including phenoxy) is 1. The van der Waals surface area contributed by atoms with E-state index in [9.17, 15) is 9.59 Å². The van der Waals surface area contributed by atoms with Crippen molar-refractivity contribution in [2.24, 2.45) is 0 Å². The van der Waals surface area contributed by atoms with E-state index in [4.69, 9.17) is 26.6 Å². The zero-order chi connectivity index (χ0) is 11.4. The van der Waals surface area contributed by atoms with Crippen LogP contribution in [-0.2, 0) is 14.3 Å². The monoisotopic (exact) mass is 224 g/mol. The van der Waals surface area contributed by atoms with E-state index in [0.717, 1.165) is 0 Å². The highest BCUT2D eigenvalue weighted by Crippen LogP contribution is 2.22. The van der Waals surface area contributed by atoms with E-state index < -0.39 is 23.1 Å². The van der Waals surface area contributed by atoms with Gasteiger partial charge in [-0.25, -0.2) is 9.59 Å². The third-order valence-electron chi connectivity index (χ3n) is 1.84. The normalized spacial score (nSPS) is 13.6. The van der Waals surface area contributed by atoms with Crippen molar-refractivity contribution in [3.05, 3.63) is 0 Å². The molecule has 0 aromatic rings. The molecule has 0 amide bonds. The molecule has 1 unspecified atom stereocenters. The maximum Gasteiger partial charge on any atom is 0.347 e. The van der Waals surface area contributed by atoms with Crippen LogP contribution in [0.1, 0.15) is 26.7 Å². The smallest absolute Gasteiger partial charge is 0.347 e. The topological polar surface area (TPSA) is 83.8 Å². The number of carboxylic acids is 2. The number of aliphatic carboxylic acids is 2. The van der Waals surface area contributed by atoms with Crippen molar-refractivity contribution in [2.45, 2.75) is 37.9 Å². The molecule has 0 aliphatic rings. The molecule has 6 heteroatoms. The molecule has 0 saturated heterocycles. The molecule has 82 valence electrons. The minimum absolute atomic E-state index is 0.180. The molecule has 0 heterocycles. The largest absolute Gasteiger partial charge is 0.479 e. The molecule has 0 aromatic carbocycles. The summed E-state index contributed by atoms with van der Waals surface area (Å²) < 4.78 is 4.83. The minimum Gasteiger partial charge on any atom is -0.479 e. The van der Waals surface area contributed by atoms with Crippen LogP contribution in [0.15, 0.2) is 0 Å². The Labute approximate surface area is 86.6 Å². The molecule has 0 spiro atoms. The van der Waals surface area contributed by atoms with E-state index in [-0.39, 0.29) is 6.42 Å². The number of carbonyl (C=O) groups is 2. The molecule has 0 fully saturated rings. The summed E-state index contributed by atoms with van der Waals surface area (Å²) in [5.74, 6) is -3.07. The van der Waals surface area contributed by atoms with Gasteiger partial charge in [0.2, 0.25) is 0 Å². The molecule has 5 nitrogen and oxygen atoms in total. The van der Waals surface area contributed by atoms with E-state index in [2.05, 4.69) is 0 Å². The molecule has 2 N–H and O–H groups in total. The Bertz CT molecular complexity index is 214. The minimum atomic E-state index is -2.23. The van der Waals surface area contributed by atoms with Crippen LogP contribution in [-0.4, -0.2) is 33.3 Å². The van der Waals surface area contributed by atoms with Crippen LogP contribution in [0.5, 0.6) is 0 Å². The summed E-state index contributed by atoms with van der Waals surface area (Å²) >= 11 is 5.57. The fourth-order valence-electron chi connectivity index (χ4n) is 0.880. The summed E-state index contributed by atoms with van der Waals surface area (Å²) in [7, 11) is 0. The highest BCUT2D eigenvalue weighted by atomic mass is 35.5. The quantitative estimate of drug-likeness (QED) is 0.525. The van der Waals surface area contributed by atoms with Crippen LogP contribution in [0, 0.1) is 0 Å². The van der Waals surface area contributed by atoms with Crippen molar-refractivity contribution in [3.63, 3.8) is 0 Å². The Hall–Kier alpha value is -0.810. The Morgan fingerprint density at radius 3 is 2.00 bits per heavy atom. The third kappa shape index (κ3) is 2.59. The lowest BCUT2D eigenvalue weighted by Gasteiger charge is -2.25. The van der Waals surface area contributed by atoms with E-state index >= 15 is 0 Å². The highest BCUT2D eigenvalue weighted by molar-refractivity contribution is 6.20. The Morgan fingerprint density at radius 2 is 1.79 bits per heavy atom. The summed E-state index contributed by atoms with van der Waals surface area (Å²) in [6.07, 6.45) is 0.157. The number of alkyl halides is 1. The van der Waals surface area contributed by atoms with Gasteiger partial charge >= 0.3 is 11.9 Å². The fraction of sp³-hybridized carbons (Fsp3) is 0.750. The predicted octanol–water partition coefficient (Wildman–Crippen LogP) is 1.30. The Kier molecular flexibility index (Phi) is 4.87. The number of halogens is 1. The van der Waals surface area contributed by atoms with Gasteiger partial charge in [0.1, 0.15) is 5.56 Å². The lowest BCUT2D eigenvalue weighted by molar-refractivity contribution is -0.186. The average Bonchev–Trinajstić information content (AvgIpc) is 2.12. The molecule has 14 heavy (non-hydrogen) atoms. The molecular weight excluding hydrogens is 212 g/mol. The maximum absolute atomic E-state index is 10.8. The van der Waals surface area contributed by atoms with Crippen molar-refractivity contribution in [3.8, 4) is 0 Å². The van der Waals surface area contributed by atoms with E-state index in [0.29, 0.717) is 6.42 Å². The summed E-state index contributed by atoms with van der Waals surface area (Å²) in [4.78, 5) is 21.6. The first-order valence-corrected chi connectivity index (χ1v) is 4.63. The van der Waals surface area contributed by atoms with E-state index in [1.54, 1.807) is 6.92 Å².